The van der Waals surface area contributed by atoms with Gasteiger partial charge in [0, 0.05) is 55.5 Å². The third-order valence-corrected chi connectivity index (χ3v) is 6.88. The number of para-hydroxylation sites is 1. The zero-order valence-corrected chi connectivity index (χ0v) is 20.1. The largest absolute Gasteiger partial charge is 0.362 e. The first-order valence-corrected chi connectivity index (χ1v) is 12.0. The van der Waals surface area contributed by atoms with Crippen molar-refractivity contribution in [1.29, 1.82) is 0 Å². The molecular weight excluding hydrogens is 420 g/mol. The summed E-state index contributed by atoms with van der Waals surface area (Å²) in [4.78, 5) is 24.2. The molecule has 1 saturated carbocycles. The molecule has 0 unspecified atom stereocenters. The lowest BCUT2D eigenvalue weighted by atomic mass is 9.91. The maximum Gasteiger partial charge on any atom is 0.225 e. The van der Waals surface area contributed by atoms with E-state index in [1.165, 1.54) is 10.4 Å². The lowest BCUT2D eigenvalue weighted by molar-refractivity contribution is -0.114. The van der Waals surface area contributed by atoms with Crippen LogP contribution in [0.1, 0.15) is 43.0 Å². The number of nitrogens with one attached hydrogen (secondary N) is 3. The summed E-state index contributed by atoms with van der Waals surface area (Å²) in [6.45, 7) is 4.41. The zero-order chi connectivity index (χ0) is 22.7. The number of hydrogen-bond donors (Lipinski definition) is 3. The number of aryl methyl sites for hydroxylation is 1. The summed E-state index contributed by atoms with van der Waals surface area (Å²) in [6, 6.07) is 11.2. The van der Waals surface area contributed by atoms with Gasteiger partial charge in [-0.1, -0.05) is 12.1 Å². The van der Waals surface area contributed by atoms with Crippen molar-refractivity contribution in [2.24, 2.45) is 0 Å². The predicted octanol–water partition coefficient (Wildman–Crippen LogP) is 4.54. The maximum atomic E-state index is 11.5. The lowest BCUT2D eigenvalue weighted by Crippen LogP contribution is -2.37. The van der Waals surface area contributed by atoms with Crippen molar-refractivity contribution in [1.82, 2.24) is 15.3 Å². The fraction of sp³-hybridized carbons (Fsp3) is 0.458. The molecule has 2 heterocycles. The second kappa shape index (κ2) is 9.83. The molecule has 1 aliphatic rings. The molecule has 7 nitrogen and oxygen atoms in total. The number of fused-ring (bicyclic) bond motifs is 1. The summed E-state index contributed by atoms with van der Waals surface area (Å²) < 4.78 is 0. The van der Waals surface area contributed by atoms with E-state index in [1.807, 2.05) is 37.2 Å². The van der Waals surface area contributed by atoms with Crippen LogP contribution in [-0.4, -0.2) is 42.1 Å². The Morgan fingerprint density at radius 1 is 1.12 bits per heavy atom. The van der Waals surface area contributed by atoms with E-state index in [0.717, 1.165) is 53.9 Å². The molecule has 0 saturated heterocycles. The van der Waals surface area contributed by atoms with Gasteiger partial charge in [0.25, 0.3) is 0 Å². The molecule has 1 fully saturated rings. The molecule has 170 valence electrons. The monoisotopic (exact) mass is 452 g/mol. The number of benzene rings is 1. The van der Waals surface area contributed by atoms with E-state index < -0.39 is 0 Å². The van der Waals surface area contributed by atoms with Gasteiger partial charge in [0.15, 0.2) is 0 Å². The highest BCUT2D eigenvalue weighted by molar-refractivity contribution is 7.16. The molecule has 4 rings (SSSR count). The number of hydrogen-bond acceptors (Lipinski definition) is 7. The van der Waals surface area contributed by atoms with Crippen LogP contribution in [0.2, 0.25) is 0 Å². The highest BCUT2D eigenvalue weighted by Gasteiger charge is 2.22. The Morgan fingerprint density at radius 2 is 1.84 bits per heavy atom. The molecule has 3 aromatic rings. The summed E-state index contributed by atoms with van der Waals surface area (Å²) in [5.41, 5.74) is 2.13. The first-order chi connectivity index (χ1) is 15.4. The molecule has 1 aromatic carbocycles. The van der Waals surface area contributed by atoms with Gasteiger partial charge in [-0.3, -0.25) is 4.79 Å². The van der Waals surface area contributed by atoms with Crippen molar-refractivity contribution in [2.75, 3.05) is 29.6 Å². The summed E-state index contributed by atoms with van der Waals surface area (Å²) in [5, 5.41) is 12.2. The van der Waals surface area contributed by atoms with E-state index in [4.69, 9.17) is 9.97 Å². The van der Waals surface area contributed by atoms with Gasteiger partial charge in [-0.25, -0.2) is 4.98 Å². The van der Waals surface area contributed by atoms with Crippen LogP contribution in [0, 0.1) is 6.92 Å². The second-order valence-electron chi connectivity index (χ2n) is 8.75. The van der Waals surface area contributed by atoms with Gasteiger partial charge in [0.2, 0.25) is 11.9 Å². The van der Waals surface area contributed by atoms with Gasteiger partial charge >= 0.3 is 0 Å². The number of thiophene rings is 1. The van der Waals surface area contributed by atoms with Gasteiger partial charge in [0.05, 0.1) is 10.5 Å². The van der Waals surface area contributed by atoms with Crippen molar-refractivity contribution in [2.45, 2.75) is 58.2 Å². The van der Waals surface area contributed by atoms with Crippen molar-refractivity contribution < 1.29 is 4.79 Å². The molecular formula is C24H32N6OS. The van der Waals surface area contributed by atoms with Crippen LogP contribution < -0.4 is 20.9 Å². The molecule has 2 aromatic heterocycles. The van der Waals surface area contributed by atoms with Gasteiger partial charge in [-0.2, -0.15) is 4.98 Å². The third kappa shape index (κ3) is 5.37. The minimum Gasteiger partial charge on any atom is -0.362 e. The smallest absolute Gasteiger partial charge is 0.225 e. The quantitative estimate of drug-likeness (QED) is 0.488. The second-order valence-corrected chi connectivity index (χ2v) is 10.0. The highest BCUT2D eigenvalue weighted by atomic mass is 32.1. The number of carbonyl (C=O) groups excluding carboxylic acids is 1. The van der Waals surface area contributed by atoms with Crippen molar-refractivity contribution in [3.8, 4) is 0 Å². The van der Waals surface area contributed by atoms with Crippen LogP contribution in [0.15, 0.2) is 30.3 Å². The standard InChI is InChI=1S/C24H32N6OS/c1-15-13-17(23(32-15)26-16(2)31)14-25-18-9-11-19(12-10-18)27-24-28-21-8-6-5-7-20(21)22(29-24)30(3)4/h5-8,13,18-19,25H,9-12,14H2,1-4H3,(H,26,31)(H,27,28,29). The Hall–Kier alpha value is -2.71. The Balaban J connectivity index is 1.33. The van der Waals surface area contributed by atoms with E-state index in [2.05, 4.69) is 35.0 Å². The van der Waals surface area contributed by atoms with Crippen molar-refractivity contribution >= 4 is 44.9 Å². The number of aromatic nitrogens is 2. The molecule has 0 spiro atoms. The fourth-order valence-electron chi connectivity index (χ4n) is 4.31. The van der Waals surface area contributed by atoms with E-state index in [9.17, 15) is 4.79 Å². The third-order valence-electron chi connectivity index (χ3n) is 5.87. The van der Waals surface area contributed by atoms with Gasteiger partial charge in [0.1, 0.15) is 5.82 Å². The normalized spacial score (nSPS) is 18.5. The van der Waals surface area contributed by atoms with Crippen LogP contribution in [0.5, 0.6) is 0 Å². The predicted molar refractivity (Wildman–Crippen MR) is 134 cm³/mol. The van der Waals surface area contributed by atoms with E-state index in [1.54, 1.807) is 18.3 Å². The Morgan fingerprint density at radius 3 is 2.56 bits per heavy atom. The molecule has 3 N–H and O–H groups in total. The minimum absolute atomic E-state index is 0.0204. The minimum atomic E-state index is -0.0204. The number of nitrogens with zero attached hydrogens (tertiary/aromatic N) is 3. The summed E-state index contributed by atoms with van der Waals surface area (Å²) in [5.74, 6) is 1.63. The maximum absolute atomic E-state index is 11.5. The van der Waals surface area contributed by atoms with Crippen LogP contribution in [0.25, 0.3) is 10.9 Å². The number of amides is 1. The topological polar surface area (TPSA) is 82.2 Å². The fourth-order valence-corrected chi connectivity index (χ4v) is 5.29. The Bertz CT molecular complexity index is 1090. The Kier molecular flexibility index (Phi) is 6.91. The van der Waals surface area contributed by atoms with Gasteiger partial charge in [-0.05, 0) is 50.8 Å². The summed E-state index contributed by atoms with van der Waals surface area (Å²) >= 11 is 1.64. The number of rotatable bonds is 7. The Labute approximate surface area is 193 Å². The van der Waals surface area contributed by atoms with E-state index in [-0.39, 0.29) is 5.91 Å². The molecule has 0 bridgehead atoms. The van der Waals surface area contributed by atoms with Gasteiger partial charge < -0.3 is 20.9 Å². The summed E-state index contributed by atoms with van der Waals surface area (Å²) in [6.07, 6.45) is 4.35. The SMILES string of the molecule is CC(=O)Nc1sc(C)cc1CNC1CCC(Nc2nc(N(C)C)c3ccccc3n2)CC1. The van der Waals surface area contributed by atoms with Crippen molar-refractivity contribution in [3.05, 3.63) is 40.8 Å². The first-order valence-electron chi connectivity index (χ1n) is 11.2. The molecule has 32 heavy (non-hydrogen) atoms. The van der Waals surface area contributed by atoms with Crippen LogP contribution in [0.4, 0.5) is 16.8 Å². The van der Waals surface area contributed by atoms with E-state index in [0.29, 0.717) is 18.0 Å². The molecule has 1 aliphatic carbocycles. The molecule has 0 aliphatic heterocycles. The van der Waals surface area contributed by atoms with Crippen LogP contribution >= 0.6 is 11.3 Å². The molecule has 1 amide bonds. The van der Waals surface area contributed by atoms with Crippen molar-refractivity contribution in [3.63, 3.8) is 0 Å². The first kappa shape index (κ1) is 22.5. The molecule has 0 radical (unpaired) electrons. The number of carbonyl (C=O) groups is 1. The average molecular weight is 453 g/mol. The highest BCUT2D eigenvalue weighted by Crippen LogP contribution is 2.29. The molecule has 0 atom stereocenters. The van der Waals surface area contributed by atoms with Crippen LogP contribution in [-0.2, 0) is 11.3 Å². The summed E-state index contributed by atoms with van der Waals surface area (Å²) in [7, 11) is 4.03. The molecule has 8 heteroatoms. The van der Waals surface area contributed by atoms with E-state index >= 15 is 0 Å². The van der Waals surface area contributed by atoms with Crippen LogP contribution in [0.3, 0.4) is 0 Å². The zero-order valence-electron chi connectivity index (χ0n) is 19.2. The lowest BCUT2D eigenvalue weighted by Gasteiger charge is -2.30. The van der Waals surface area contributed by atoms with Gasteiger partial charge in [-0.15, -0.1) is 11.3 Å². The number of anilines is 3. The average Bonchev–Trinajstić information content (AvgIpc) is 3.10.